The van der Waals surface area contributed by atoms with Gasteiger partial charge in [-0.3, -0.25) is 9.69 Å². The highest BCUT2D eigenvalue weighted by molar-refractivity contribution is 5.92. The van der Waals surface area contributed by atoms with E-state index in [2.05, 4.69) is 32.0 Å². The van der Waals surface area contributed by atoms with Crippen molar-refractivity contribution in [3.8, 4) is 0 Å². The van der Waals surface area contributed by atoms with Crippen LogP contribution in [0.5, 0.6) is 0 Å². The second-order valence-corrected chi connectivity index (χ2v) is 7.99. The quantitative estimate of drug-likeness (QED) is 0.890. The molecule has 1 N–H and O–H groups in total. The van der Waals surface area contributed by atoms with E-state index < -0.39 is 0 Å². The fourth-order valence-electron chi connectivity index (χ4n) is 4.63. The largest absolute Gasteiger partial charge is 0.354 e. The number of carbonyl (C=O) groups excluding carboxylic acids is 1. The predicted molar refractivity (Wildman–Crippen MR) is 104 cm³/mol. The summed E-state index contributed by atoms with van der Waals surface area (Å²) in [4.78, 5) is 24.7. The molecule has 1 aromatic heterocycles. The number of aromatic nitrogens is 1. The number of anilines is 1. The van der Waals surface area contributed by atoms with E-state index in [-0.39, 0.29) is 11.9 Å². The van der Waals surface area contributed by atoms with Gasteiger partial charge in [0.25, 0.3) is 5.91 Å². The van der Waals surface area contributed by atoms with Gasteiger partial charge < -0.3 is 15.1 Å². The lowest BCUT2D eigenvalue weighted by Crippen LogP contribution is -2.56. The molecule has 4 heterocycles. The summed E-state index contributed by atoms with van der Waals surface area (Å²) < 4.78 is 0. The van der Waals surface area contributed by atoms with E-state index in [1.807, 2.05) is 18.2 Å². The summed E-state index contributed by atoms with van der Waals surface area (Å²) in [5, 5.41) is 3.30. The van der Waals surface area contributed by atoms with Crippen LogP contribution in [-0.2, 0) is 0 Å². The van der Waals surface area contributed by atoms with Gasteiger partial charge in [0.05, 0.1) is 0 Å². The van der Waals surface area contributed by atoms with E-state index in [0.717, 1.165) is 38.4 Å². The first-order valence-electron chi connectivity index (χ1n) is 10.2. The second-order valence-electron chi connectivity index (χ2n) is 7.99. The van der Waals surface area contributed by atoms with Crippen LogP contribution in [0.4, 0.5) is 5.82 Å². The molecule has 0 radical (unpaired) electrons. The molecule has 2 atom stereocenters. The Balaban J connectivity index is 1.42. The van der Waals surface area contributed by atoms with Gasteiger partial charge in [-0.1, -0.05) is 12.5 Å². The molecule has 3 aliphatic rings. The molecule has 2 unspecified atom stereocenters. The van der Waals surface area contributed by atoms with E-state index in [1.165, 1.54) is 38.8 Å². The molecule has 4 rings (SSSR count). The highest BCUT2D eigenvalue weighted by atomic mass is 16.2. The molecule has 3 fully saturated rings. The van der Waals surface area contributed by atoms with E-state index >= 15 is 0 Å². The number of carbonyl (C=O) groups is 1. The summed E-state index contributed by atoms with van der Waals surface area (Å²) in [5.74, 6) is 0.909. The minimum atomic E-state index is -0.0154. The maximum absolute atomic E-state index is 12.9. The Morgan fingerprint density at radius 3 is 2.69 bits per heavy atom. The molecule has 0 aliphatic carbocycles. The summed E-state index contributed by atoms with van der Waals surface area (Å²) >= 11 is 0. The van der Waals surface area contributed by atoms with Gasteiger partial charge in [-0.15, -0.1) is 0 Å². The molecule has 3 aliphatic heterocycles. The summed E-state index contributed by atoms with van der Waals surface area (Å²) in [7, 11) is 2.15. The highest BCUT2D eigenvalue weighted by Gasteiger charge is 2.34. The second kappa shape index (κ2) is 7.92. The molecule has 1 amide bonds. The van der Waals surface area contributed by atoms with Gasteiger partial charge in [0.2, 0.25) is 0 Å². The Labute approximate surface area is 156 Å². The molecular formula is C20H31N5O. The summed E-state index contributed by atoms with van der Waals surface area (Å²) in [6.45, 7) is 6.39. The van der Waals surface area contributed by atoms with Crippen molar-refractivity contribution in [2.75, 3.05) is 51.2 Å². The molecule has 26 heavy (non-hydrogen) atoms. The van der Waals surface area contributed by atoms with Crippen molar-refractivity contribution < 1.29 is 4.79 Å². The smallest absolute Gasteiger partial charge is 0.270 e. The normalized spacial score (nSPS) is 27.8. The van der Waals surface area contributed by atoms with Crippen LogP contribution in [0, 0.1) is 0 Å². The standard InChI is InChI=1S/C20H31N5O/c1-23-12-14-25(15-13-23)19-9-4-6-17(21-19)20(26)22-16-7-5-11-24-10-3-2-8-18(16)24/h4,6,9,16,18H,2-3,5,7-8,10-15H2,1H3,(H,22,26). The van der Waals surface area contributed by atoms with Gasteiger partial charge in [0.1, 0.15) is 11.5 Å². The van der Waals surface area contributed by atoms with Crippen LogP contribution in [-0.4, -0.2) is 79.1 Å². The molecule has 0 saturated carbocycles. The topological polar surface area (TPSA) is 51.7 Å². The van der Waals surface area contributed by atoms with Crippen molar-refractivity contribution in [1.29, 1.82) is 0 Å². The molecule has 6 heteroatoms. The number of hydrogen-bond acceptors (Lipinski definition) is 5. The number of nitrogens with zero attached hydrogens (tertiary/aromatic N) is 4. The van der Waals surface area contributed by atoms with Crippen LogP contribution in [0.15, 0.2) is 18.2 Å². The van der Waals surface area contributed by atoms with Crippen LogP contribution >= 0.6 is 0 Å². The number of nitrogens with one attached hydrogen (secondary N) is 1. The van der Waals surface area contributed by atoms with Crippen molar-refractivity contribution in [2.24, 2.45) is 0 Å². The van der Waals surface area contributed by atoms with E-state index in [1.54, 1.807) is 0 Å². The third-order valence-electron chi connectivity index (χ3n) is 6.20. The van der Waals surface area contributed by atoms with Crippen LogP contribution in [0.25, 0.3) is 0 Å². The minimum absolute atomic E-state index is 0.0154. The average Bonchev–Trinajstić information content (AvgIpc) is 2.69. The number of amides is 1. The molecule has 0 spiro atoms. The van der Waals surface area contributed by atoms with Crippen LogP contribution < -0.4 is 10.2 Å². The first-order chi connectivity index (χ1) is 12.7. The zero-order valence-electron chi connectivity index (χ0n) is 15.9. The SMILES string of the molecule is CN1CCN(c2cccc(C(=O)NC3CCCN4CCCCC34)n2)CC1. The van der Waals surface area contributed by atoms with Crippen molar-refractivity contribution in [1.82, 2.24) is 20.1 Å². The zero-order chi connectivity index (χ0) is 17.9. The molecule has 142 valence electrons. The summed E-state index contributed by atoms with van der Waals surface area (Å²) in [6.07, 6.45) is 6.05. The summed E-state index contributed by atoms with van der Waals surface area (Å²) in [6, 6.07) is 6.61. The van der Waals surface area contributed by atoms with Gasteiger partial charge >= 0.3 is 0 Å². The minimum Gasteiger partial charge on any atom is -0.354 e. The van der Waals surface area contributed by atoms with Crippen LogP contribution in [0.1, 0.15) is 42.6 Å². The Morgan fingerprint density at radius 1 is 1.04 bits per heavy atom. The number of piperazine rings is 1. The third kappa shape index (κ3) is 3.86. The van der Waals surface area contributed by atoms with Gasteiger partial charge in [-0.05, 0) is 58.0 Å². The molecular weight excluding hydrogens is 326 g/mol. The van der Waals surface area contributed by atoms with Gasteiger partial charge in [0.15, 0.2) is 0 Å². The van der Waals surface area contributed by atoms with Crippen LogP contribution in [0.2, 0.25) is 0 Å². The lowest BCUT2D eigenvalue weighted by molar-refractivity contribution is 0.0660. The van der Waals surface area contributed by atoms with Crippen molar-refractivity contribution in [2.45, 2.75) is 44.2 Å². The maximum Gasteiger partial charge on any atom is 0.270 e. The Hall–Kier alpha value is -1.66. The van der Waals surface area contributed by atoms with E-state index in [4.69, 9.17) is 0 Å². The van der Waals surface area contributed by atoms with Gasteiger partial charge in [-0.25, -0.2) is 4.98 Å². The molecule has 1 aromatic rings. The Bertz CT molecular complexity index is 626. The van der Waals surface area contributed by atoms with E-state index in [0.29, 0.717) is 11.7 Å². The molecule has 0 bridgehead atoms. The molecule has 0 aromatic carbocycles. The van der Waals surface area contributed by atoms with Crippen molar-refractivity contribution in [3.05, 3.63) is 23.9 Å². The maximum atomic E-state index is 12.9. The number of likely N-dealkylation sites (N-methyl/N-ethyl adjacent to an activating group) is 1. The fourth-order valence-corrected chi connectivity index (χ4v) is 4.63. The first kappa shape index (κ1) is 17.7. The number of rotatable bonds is 3. The highest BCUT2D eigenvalue weighted by Crippen LogP contribution is 2.26. The Kier molecular flexibility index (Phi) is 5.41. The third-order valence-corrected chi connectivity index (χ3v) is 6.20. The summed E-state index contributed by atoms with van der Waals surface area (Å²) in [5.41, 5.74) is 0.550. The fraction of sp³-hybridized carbons (Fsp3) is 0.700. The predicted octanol–water partition coefficient (Wildman–Crippen LogP) is 1.58. The first-order valence-corrected chi connectivity index (χ1v) is 10.2. The monoisotopic (exact) mass is 357 g/mol. The Morgan fingerprint density at radius 2 is 1.85 bits per heavy atom. The van der Waals surface area contributed by atoms with Gasteiger partial charge in [-0.2, -0.15) is 0 Å². The lowest BCUT2D eigenvalue weighted by atomic mass is 9.88. The number of pyridine rings is 1. The molecule has 3 saturated heterocycles. The zero-order valence-corrected chi connectivity index (χ0v) is 15.9. The van der Waals surface area contributed by atoms with Crippen molar-refractivity contribution >= 4 is 11.7 Å². The average molecular weight is 358 g/mol. The number of piperidine rings is 2. The van der Waals surface area contributed by atoms with E-state index in [9.17, 15) is 4.79 Å². The molecule has 6 nitrogen and oxygen atoms in total. The lowest BCUT2D eigenvalue weighted by Gasteiger charge is -2.44. The van der Waals surface area contributed by atoms with Gasteiger partial charge in [0, 0.05) is 38.3 Å². The van der Waals surface area contributed by atoms with Crippen molar-refractivity contribution in [3.63, 3.8) is 0 Å². The number of fused-ring (bicyclic) bond motifs is 1. The van der Waals surface area contributed by atoms with Crippen LogP contribution in [0.3, 0.4) is 0 Å². The number of hydrogen-bond donors (Lipinski definition) is 1.